The van der Waals surface area contributed by atoms with Crippen LogP contribution in [0.4, 0.5) is 16.2 Å². The number of nitrogens with zero attached hydrogens (tertiary/aromatic N) is 3. The van der Waals surface area contributed by atoms with Crippen molar-refractivity contribution in [3.63, 3.8) is 0 Å². The number of benzene rings is 1. The number of nitrogens with one attached hydrogen (secondary N) is 1. The van der Waals surface area contributed by atoms with Crippen molar-refractivity contribution in [1.82, 2.24) is 9.80 Å². The Morgan fingerprint density at radius 1 is 1.22 bits per heavy atom. The zero-order chi connectivity index (χ0) is 19.7. The highest BCUT2D eigenvalue weighted by Gasteiger charge is 2.48. The summed E-state index contributed by atoms with van der Waals surface area (Å²) >= 11 is 0. The van der Waals surface area contributed by atoms with Gasteiger partial charge in [0.15, 0.2) is 0 Å². The first-order valence-electron chi connectivity index (χ1n) is 8.53. The van der Waals surface area contributed by atoms with E-state index in [1.807, 2.05) is 0 Å². The summed E-state index contributed by atoms with van der Waals surface area (Å²) in [5, 5.41) is 13.3. The Morgan fingerprint density at radius 2 is 1.89 bits per heavy atom. The van der Waals surface area contributed by atoms with Gasteiger partial charge in [-0.15, -0.1) is 0 Å². The SMILES string of the molecule is Cc1ccc([N+](=O)[O-])cc1NC(=O)CN1C(=O)C(=O)N(C2CCCC2)C1=O. The van der Waals surface area contributed by atoms with Gasteiger partial charge in [-0.1, -0.05) is 18.9 Å². The summed E-state index contributed by atoms with van der Waals surface area (Å²) < 4.78 is 0. The molecule has 1 heterocycles. The van der Waals surface area contributed by atoms with Gasteiger partial charge in [0.05, 0.1) is 10.6 Å². The van der Waals surface area contributed by atoms with E-state index < -0.39 is 35.2 Å². The molecule has 3 rings (SSSR count). The highest BCUT2D eigenvalue weighted by Crippen LogP contribution is 2.28. The molecule has 2 aliphatic rings. The van der Waals surface area contributed by atoms with Gasteiger partial charge in [-0.2, -0.15) is 0 Å². The molecule has 27 heavy (non-hydrogen) atoms. The second-order valence-electron chi connectivity index (χ2n) is 6.59. The van der Waals surface area contributed by atoms with Gasteiger partial charge in [-0.25, -0.2) is 9.69 Å². The molecule has 1 saturated carbocycles. The molecule has 0 unspecified atom stereocenters. The third kappa shape index (κ3) is 3.50. The smallest absolute Gasteiger partial charge is 0.324 e. The summed E-state index contributed by atoms with van der Waals surface area (Å²) in [6, 6.07) is 2.88. The molecule has 142 valence electrons. The van der Waals surface area contributed by atoms with E-state index in [-0.39, 0.29) is 17.4 Å². The van der Waals surface area contributed by atoms with Crippen LogP contribution in [0.1, 0.15) is 31.2 Å². The molecule has 1 saturated heterocycles. The van der Waals surface area contributed by atoms with Crippen LogP contribution in [-0.4, -0.2) is 51.1 Å². The summed E-state index contributed by atoms with van der Waals surface area (Å²) in [5.41, 5.74) is 0.579. The van der Waals surface area contributed by atoms with Crippen LogP contribution < -0.4 is 5.32 Å². The molecular weight excluding hydrogens is 356 g/mol. The number of nitro benzene ring substituents is 1. The Morgan fingerprint density at radius 3 is 2.52 bits per heavy atom. The molecule has 0 spiro atoms. The van der Waals surface area contributed by atoms with Crippen LogP contribution in [-0.2, 0) is 14.4 Å². The molecule has 1 N–H and O–H groups in total. The molecule has 0 atom stereocenters. The highest BCUT2D eigenvalue weighted by molar-refractivity contribution is 6.45. The number of imide groups is 2. The Kier molecular flexibility index (Phi) is 4.89. The fraction of sp³-hybridized carbons (Fsp3) is 0.412. The maximum Gasteiger partial charge on any atom is 0.334 e. The molecule has 0 radical (unpaired) electrons. The van der Waals surface area contributed by atoms with Gasteiger partial charge >= 0.3 is 17.8 Å². The molecule has 0 aromatic heterocycles. The Balaban J connectivity index is 1.71. The second kappa shape index (κ2) is 7.14. The van der Waals surface area contributed by atoms with Crippen molar-refractivity contribution in [1.29, 1.82) is 0 Å². The topological polar surface area (TPSA) is 130 Å². The lowest BCUT2D eigenvalue weighted by molar-refractivity contribution is -0.384. The van der Waals surface area contributed by atoms with Crippen LogP contribution in [0.25, 0.3) is 0 Å². The minimum Gasteiger partial charge on any atom is -0.324 e. The Labute approximate surface area is 154 Å². The second-order valence-corrected chi connectivity index (χ2v) is 6.59. The van der Waals surface area contributed by atoms with Gasteiger partial charge in [0.2, 0.25) is 5.91 Å². The number of carbonyl (C=O) groups excluding carboxylic acids is 4. The zero-order valence-corrected chi connectivity index (χ0v) is 14.6. The minimum atomic E-state index is -1.03. The fourth-order valence-corrected chi connectivity index (χ4v) is 3.34. The van der Waals surface area contributed by atoms with E-state index in [1.165, 1.54) is 18.2 Å². The molecule has 2 fully saturated rings. The number of carbonyl (C=O) groups is 4. The molecule has 0 bridgehead atoms. The number of aryl methyl sites for hydroxylation is 1. The standard InChI is InChI=1S/C17H18N4O6/c1-10-6-7-12(21(26)27)8-13(10)18-14(22)9-19-15(23)16(24)20(17(19)25)11-4-2-3-5-11/h6-8,11H,2-5,9H2,1H3,(H,18,22). The van der Waals surface area contributed by atoms with Crippen molar-refractivity contribution in [2.45, 2.75) is 38.6 Å². The van der Waals surface area contributed by atoms with E-state index >= 15 is 0 Å². The molecular formula is C17H18N4O6. The molecule has 5 amide bonds. The highest BCUT2D eigenvalue weighted by atomic mass is 16.6. The lowest BCUT2D eigenvalue weighted by atomic mass is 10.2. The van der Waals surface area contributed by atoms with Crippen molar-refractivity contribution >= 4 is 35.1 Å². The predicted octanol–water partition coefficient (Wildman–Crippen LogP) is 1.58. The van der Waals surface area contributed by atoms with Gasteiger partial charge in [-0.3, -0.25) is 29.4 Å². The first-order valence-corrected chi connectivity index (χ1v) is 8.53. The number of amides is 5. The summed E-state index contributed by atoms with van der Waals surface area (Å²) in [6.07, 6.45) is 3.06. The monoisotopic (exact) mass is 374 g/mol. The molecule has 1 aliphatic carbocycles. The van der Waals surface area contributed by atoms with Crippen molar-refractivity contribution in [2.75, 3.05) is 11.9 Å². The number of hydrogen-bond acceptors (Lipinski definition) is 6. The lowest BCUT2D eigenvalue weighted by Gasteiger charge is -2.21. The van der Waals surface area contributed by atoms with Crippen LogP contribution >= 0.6 is 0 Å². The van der Waals surface area contributed by atoms with E-state index in [9.17, 15) is 29.3 Å². The van der Waals surface area contributed by atoms with Crippen LogP contribution in [0.15, 0.2) is 18.2 Å². The number of anilines is 1. The largest absolute Gasteiger partial charge is 0.334 e. The van der Waals surface area contributed by atoms with Crippen molar-refractivity contribution in [3.8, 4) is 0 Å². The van der Waals surface area contributed by atoms with E-state index in [0.29, 0.717) is 23.3 Å². The summed E-state index contributed by atoms with van der Waals surface area (Å²) in [6.45, 7) is 1.02. The average molecular weight is 374 g/mol. The van der Waals surface area contributed by atoms with Gasteiger partial charge in [0.25, 0.3) is 5.69 Å². The van der Waals surface area contributed by atoms with Crippen molar-refractivity contribution < 1.29 is 24.1 Å². The number of non-ortho nitro benzene ring substituents is 1. The van der Waals surface area contributed by atoms with Crippen LogP contribution in [0.2, 0.25) is 0 Å². The maximum absolute atomic E-state index is 12.5. The third-order valence-electron chi connectivity index (χ3n) is 4.78. The van der Waals surface area contributed by atoms with Crippen LogP contribution in [0, 0.1) is 17.0 Å². The van der Waals surface area contributed by atoms with E-state index in [0.717, 1.165) is 17.7 Å². The third-order valence-corrected chi connectivity index (χ3v) is 4.78. The van der Waals surface area contributed by atoms with Crippen molar-refractivity contribution in [3.05, 3.63) is 33.9 Å². The van der Waals surface area contributed by atoms with Gasteiger partial charge < -0.3 is 5.32 Å². The van der Waals surface area contributed by atoms with Crippen LogP contribution in [0.3, 0.4) is 0 Å². The number of hydrogen-bond donors (Lipinski definition) is 1. The van der Waals surface area contributed by atoms with Gasteiger partial charge in [0, 0.05) is 18.2 Å². The maximum atomic E-state index is 12.5. The molecule has 10 nitrogen and oxygen atoms in total. The molecule has 10 heteroatoms. The van der Waals surface area contributed by atoms with E-state index in [1.54, 1.807) is 6.92 Å². The van der Waals surface area contributed by atoms with Crippen LogP contribution in [0.5, 0.6) is 0 Å². The van der Waals surface area contributed by atoms with Gasteiger partial charge in [-0.05, 0) is 25.3 Å². The first kappa shape index (κ1) is 18.5. The zero-order valence-electron chi connectivity index (χ0n) is 14.6. The van der Waals surface area contributed by atoms with E-state index in [2.05, 4.69) is 5.32 Å². The lowest BCUT2D eigenvalue weighted by Crippen LogP contribution is -2.41. The number of urea groups is 1. The number of nitro groups is 1. The first-order chi connectivity index (χ1) is 12.8. The van der Waals surface area contributed by atoms with Crippen molar-refractivity contribution in [2.24, 2.45) is 0 Å². The summed E-state index contributed by atoms with van der Waals surface area (Å²) in [4.78, 5) is 60.8. The minimum absolute atomic E-state index is 0.201. The normalized spacial score (nSPS) is 17.7. The average Bonchev–Trinajstić information content (AvgIpc) is 3.20. The number of rotatable bonds is 5. The predicted molar refractivity (Wildman–Crippen MR) is 92.7 cm³/mol. The summed E-state index contributed by atoms with van der Waals surface area (Å²) in [5.74, 6) is -2.66. The van der Waals surface area contributed by atoms with Gasteiger partial charge in [0.1, 0.15) is 6.54 Å². The van der Waals surface area contributed by atoms with E-state index in [4.69, 9.17) is 0 Å². The molecule has 1 aromatic rings. The Bertz CT molecular complexity index is 846. The quantitative estimate of drug-likeness (QED) is 0.360. The fourth-order valence-electron chi connectivity index (χ4n) is 3.34. The Hall–Kier alpha value is -3.30. The molecule has 1 aromatic carbocycles. The summed E-state index contributed by atoms with van der Waals surface area (Å²) in [7, 11) is 0. The molecule has 1 aliphatic heterocycles.